The molecule has 0 aliphatic carbocycles. The minimum Gasteiger partial charge on any atom is -0.481 e. The van der Waals surface area contributed by atoms with Crippen molar-refractivity contribution in [3.63, 3.8) is 0 Å². The number of rotatable bonds is 6. The number of carbonyl (C=O) groups is 3. The average Bonchev–Trinajstić information content (AvgIpc) is 2.93. The Balaban J connectivity index is 1.90. The van der Waals surface area contributed by atoms with E-state index in [-0.39, 0.29) is 24.2 Å². The van der Waals surface area contributed by atoms with Gasteiger partial charge in [0.1, 0.15) is 0 Å². The van der Waals surface area contributed by atoms with Crippen molar-refractivity contribution in [1.29, 1.82) is 0 Å². The molecule has 7 nitrogen and oxygen atoms in total. The summed E-state index contributed by atoms with van der Waals surface area (Å²) in [6, 6.07) is 0. The zero-order valence-electron chi connectivity index (χ0n) is 13.1. The molecule has 0 bridgehead atoms. The summed E-state index contributed by atoms with van der Waals surface area (Å²) >= 11 is 1.21. The van der Waals surface area contributed by atoms with Gasteiger partial charge in [-0.25, -0.2) is 4.98 Å². The molecule has 0 aromatic carbocycles. The van der Waals surface area contributed by atoms with Crippen LogP contribution in [0.4, 0.5) is 5.13 Å². The molecule has 126 valence electrons. The number of nitrogens with zero attached hydrogens (tertiary/aromatic N) is 2. The van der Waals surface area contributed by atoms with Crippen molar-refractivity contribution >= 4 is 34.3 Å². The fourth-order valence-electron chi connectivity index (χ4n) is 2.60. The third kappa shape index (κ3) is 5.02. The number of hydrogen-bond acceptors (Lipinski definition) is 5. The highest BCUT2D eigenvalue weighted by Gasteiger charge is 2.28. The van der Waals surface area contributed by atoms with Crippen molar-refractivity contribution in [1.82, 2.24) is 9.88 Å². The maximum absolute atomic E-state index is 12.3. The first-order chi connectivity index (χ1) is 11.0. The Labute approximate surface area is 138 Å². The molecule has 2 rings (SSSR count). The molecule has 23 heavy (non-hydrogen) atoms. The van der Waals surface area contributed by atoms with Gasteiger partial charge in [0, 0.05) is 24.9 Å². The van der Waals surface area contributed by atoms with Gasteiger partial charge in [-0.05, 0) is 19.3 Å². The predicted octanol–water partition coefficient (Wildman–Crippen LogP) is 1.75. The highest BCUT2D eigenvalue weighted by molar-refractivity contribution is 7.13. The van der Waals surface area contributed by atoms with E-state index in [1.165, 1.54) is 11.3 Å². The van der Waals surface area contributed by atoms with Crippen LogP contribution in [-0.2, 0) is 20.8 Å². The second kappa shape index (κ2) is 8.05. The van der Waals surface area contributed by atoms with Gasteiger partial charge >= 0.3 is 5.97 Å². The van der Waals surface area contributed by atoms with E-state index in [0.29, 0.717) is 30.3 Å². The molecule has 1 aliphatic heterocycles. The van der Waals surface area contributed by atoms with Gasteiger partial charge in [0.2, 0.25) is 11.8 Å². The standard InChI is InChI=1S/C15H21N3O4S/c1-2-4-12(19)18-6-3-5-10(8-18)14(22)17-15-16-11(9-23-15)7-13(20)21/h9-10H,2-8H2,1H3,(H,20,21)(H,16,17,22). The van der Waals surface area contributed by atoms with E-state index in [2.05, 4.69) is 10.3 Å². The second-order valence-electron chi connectivity index (χ2n) is 5.63. The number of aliphatic carboxylic acids is 1. The Morgan fingerprint density at radius 2 is 2.26 bits per heavy atom. The average molecular weight is 339 g/mol. The van der Waals surface area contributed by atoms with Gasteiger partial charge in [0.05, 0.1) is 18.0 Å². The van der Waals surface area contributed by atoms with Gasteiger partial charge in [-0.2, -0.15) is 0 Å². The molecule has 0 spiro atoms. The molecular weight excluding hydrogens is 318 g/mol. The molecule has 1 fully saturated rings. The van der Waals surface area contributed by atoms with Crippen LogP contribution in [0.3, 0.4) is 0 Å². The lowest BCUT2D eigenvalue weighted by atomic mass is 9.97. The van der Waals surface area contributed by atoms with Gasteiger partial charge in [-0.15, -0.1) is 11.3 Å². The molecule has 1 saturated heterocycles. The molecule has 1 aromatic rings. The Morgan fingerprint density at radius 3 is 2.96 bits per heavy atom. The number of nitrogens with one attached hydrogen (secondary N) is 1. The Bertz CT molecular complexity index is 587. The summed E-state index contributed by atoms with van der Waals surface area (Å²) in [6.45, 7) is 3.11. The lowest BCUT2D eigenvalue weighted by Gasteiger charge is -2.31. The van der Waals surface area contributed by atoms with Crippen LogP contribution in [0.1, 0.15) is 38.3 Å². The summed E-state index contributed by atoms with van der Waals surface area (Å²) < 4.78 is 0. The number of thiazole rings is 1. The second-order valence-corrected chi connectivity index (χ2v) is 6.49. The van der Waals surface area contributed by atoms with E-state index in [1.807, 2.05) is 6.92 Å². The Kier molecular flexibility index (Phi) is 6.09. The number of piperidine rings is 1. The topological polar surface area (TPSA) is 99.6 Å². The molecule has 1 aliphatic rings. The third-order valence-electron chi connectivity index (χ3n) is 3.72. The van der Waals surface area contributed by atoms with Gasteiger partial charge < -0.3 is 15.3 Å². The number of anilines is 1. The van der Waals surface area contributed by atoms with Gasteiger partial charge in [0.25, 0.3) is 0 Å². The first-order valence-corrected chi connectivity index (χ1v) is 8.62. The van der Waals surface area contributed by atoms with E-state index in [1.54, 1.807) is 10.3 Å². The summed E-state index contributed by atoms with van der Waals surface area (Å²) in [5, 5.41) is 13.5. The fraction of sp³-hybridized carbons (Fsp3) is 0.600. The Morgan fingerprint density at radius 1 is 1.48 bits per heavy atom. The van der Waals surface area contributed by atoms with Crippen LogP contribution < -0.4 is 5.32 Å². The lowest BCUT2D eigenvalue weighted by molar-refractivity contribution is -0.136. The SMILES string of the molecule is CCCC(=O)N1CCCC(C(=O)Nc2nc(CC(=O)O)cs2)C1. The van der Waals surface area contributed by atoms with E-state index in [4.69, 9.17) is 5.11 Å². The molecule has 8 heteroatoms. The molecule has 2 amide bonds. The quantitative estimate of drug-likeness (QED) is 0.822. The maximum Gasteiger partial charge on any atom is 0.309 e. The van der Waals surface area contributed by atoms with Crippen molar-refractivity contribution in [3.8, 4) is 0 Å². The molecular formula is C15H21N3O4S. The van der Waals surface area contributed by atoms with Crippen LogP contribution in [0.25, 0.3) is 0 Å². The van der Waals surface area contributed by atoms with Crippen LogP contribution in [-0.4, -0.2) is 45.9 Å². The van der Waals surface area contributed by atoms with E-state index in [9.17, 15) is 14.4 Å². The first kappa shape index (κ1) is 17.4. The smallest absolute Gasteiger partial charge is 0.309 e. The normalized spacial score (nSPS) is 17.8. The maximum atomic E-state index is 12.3. The minimum absolute atomic E-state index is 0.1000. The molecule has 1 aromatic heterocycles. The van der Waals surface area contributed by atoms with Crippen molar-refractivity contribution in [3.05, 3.63) is 11.1 Å². The summed E-state index contributed by atoms with van der Waals surface area (Å²) in [6.07, 6.45) is 2.72. The number of amides is 2. The summed E-state index contributed by atoms with van der Waals surface area (Å²) in [7, 11) is 0. The molecule has 0 saturated carbocycles. The number of carboxylic acids is 1. The van der Waals surface area contributed by atoms with Crippen LogP contribution >= 0.6 is 11.3 Å². The number of likely N-dealkylation sites (tertiary alicyclic amines) is 1. The van der Waals surface area contributed by atoms with Crippen LogP contribution in [0.5, 0.6) is 0 Å². The highest BCUT2D eigenvalue weighted by atomic mass is 32.1. The summed E-state index contributed by atoms with van der Waals surface area (Å²) in [5.41, 5.74) is 0.432. The van der Waals surface area contributed by atoms with Crippen LogP contribution in [0.15, 0.2) is 5.38 Å². The van der Waals surface area contributed by atoms with E-state index in [0.717, 1.165) is 19.3 Å². The largest absolute Gasteiger partial charge is 0.481 e. The Hall–Kier alpha value is -1.96. The predicted molar refractivity (Wildman–Crippen MR) is 86.3 cm³/mol. The molecule has 2 N–H and O–H groups in total. The molecule has 2 heterocycles. The van der Waals surface area contributed by atoms with Gasteiger partial charge in [-0.1, -0.05) is 6.92 Å². The summed E-state index contributed by atoms with van der Waals surface area (Å²) in [4.78, 5) is 40.8. The van der Waals surface area contributed by atoms with Crippen molar-refractivity contribution in [2.45, 2.75) is 39.0 Å². The zero-order valence-corrected chi connectivity index (χ0v) is 13.9. The van der Waals surface area contributed by atoms with Gasteiger partial charge in [-0.3, -0.25) is 14.4 Å². The number of carboxylic acid groups (broad SMARTS) is 1. The van der Waals surface area contributed by atoms with Crippen molar-refractivity contribution in [2.75, 3.05) is 18.4 Å². The van der Waals surface area contributed by atoms with Crippen molar-refractivity contribution in [2.24, 2.45) is 5.92 Å². The number of carbonyl (C=O) groups excluding carboxylic acids is 2. The van der Waals surface area contributed by atoms with Gasteiger partial charge in [0.15, 0.2) is 5.13 Å². The lowest BCUT2D eigenvalue weighted by Crippen LogP contribution is -2.43. The number of hydrogen-bond donors (Lipinski definition) is 2. The summed E-state index contributed by atoms with van der Waals surface area (Å²) in [5.74, 6) is -1.25. The molecule has 0 radical (unpaired) electrons. The van der Waals surface area contributed by atoms with Crippen LogP contribution in [0.2, 0.25) is 0 Å². The first-order valence-electron chi connectivity index (χ1n) is 7.74. The monoisotopic (exact) mass is 339 g/mol. The van der Waals surface area contributed by atoms with E-state index >= 15 is 0 Å². The van der Waals surface area contributed by atoms with Crippen LogP contribution in [0, 0.1) is 5.92 Å². The molecule has 1 atom stereocenters. The molecule has 1 unspecified atom stereocenters. The third-order valence-corrected chi connectivity index (χ3v) is 4.53. The van der Waals surface area contributed by atoms with E-state index < -0.39 is 5.97 Å². The zero-order chi connectivity index (χ0) is 16.8. The number of aromatic nitrogens is 1. The highest BCUT2D eigenvalue weighted by Crippen LogP contribution is 2.21. The fourth-order valence-corrected chi connectivity index (χ4v) is 3.31. The minimum atomic E-state index is -0.953. The van der Waals surface area contributed by atoms with Crippen molar-refractivity contribution < 1.29 is 19.5 Å².